The highest BCUT2D eigenvalue weighted by molar-refractivity contribution is 5.70. The molecule has 46 heavy (non-hydrogen) atoms. The van der Waals surface area contributed by atoms with E-state index in [-0.39, 0.29) is 36.1 Å². The number of allylic oxidation sites excluding steroid dienone is 2. The van der Waals surface area contributed by atoms with Gasteiger partial charge in [-0.2, -0.15) is 0 Å². The van der Waals surface area contributed by atoms with Gasteiger partial charge >= 0.3 is 18.2 Å². The molecular formula is C37H59N3O6. The number of cyclic esters (lactones) is 1. The summed E-state index contributed by atoms with van der Waals surface area (Å²) in [6.45, 7) is 11.2. The number of carbonyl (C=O) groups is 3. The van der Waals surface area contributed by atoms with Crippen molar-refractivity contribution in [2.24, 2.45) is 11.8 Å². The molecule has 3 aliphatic heterocycles. The maximum atomic E-state index is 13.2. The first-order valence-corrected chi connectivity index (χ1v) is 18.1. The summed E-state index contributed by atoms with van der Waals surface area (Å²) in [6.07, 6.45) is 22.4. The summed E-state index contributed by atoms with van der Waals surface area (Å²) in [7, 11) is 0. The van der Waals surface area contributed by atoms with Gasteiger partial charge in [0.05, 0.1) is 6.61 Å². The first-order valence-electron chi connectivity index (χ1n) is 18.1. The van der Waals surface area contributed by atoms with Crippen LogP contribution in [0.25, 0.3) is 0 Å². The van der Waals surface area contributed by atoms with Crippen molar-refractivity contribution in [1.29, 1.82) is 0 Å². The van der Waals surface area contributed by atoms with Crippen LogP contribution in [-0.2, 0) is 19.0 Å². The van der Waals surface area contributed by atoms with E-state index in [1.54, 1.807) is 4.90 Å². The Bertz CT molecular complexity index is 1050. The fraction of sp³-hybridized carbons (Fsp3) is 0.757. The largest absolute Gasteiger partial charge is 0.457 e. The molecule has 0 spiro atoms. The molecule has 0 radical (unpaired) electrons. The SMILES string of the molecule is C/C(=C\C=C\[C@@H](C)COC(=O)N1CCCC1)[C@H]1OC(=O)CCCCC[C@@H](OC(=O)N2CCN(C3CCCCCC3)CC2)/C=C/[C@@H]1C. The van der Waals surface area contributed by atoms with Gasteiger partial charge in [0, 0.05) is 63.6 Å². The topological polar surface area (TPSA) is 88.6 Å². The molecular weight excluding hydrogens is 582 g/mol. The second-order valence-corrected chi connectivity index (χ2v) is 13.9. The fourth-order valence-electron chi connectivity index (χ4n) is 7.04. The monoisotopic (exact) mass is 641 g/mol. The second-order valence-electron chi connectivity index (χ2n) is 13.9. The lowest BCUT2D eigenvalue weighted by atomic mass is 9.95. The molecule has 258 valence electrons. The molecule has 4 atom stereocenters. The lowest BCUT2D eigenvalue weighted by Crippen LogP contribution is -2.52. The van der Waals surface area contributed by atoms with Gasteiger partial charge in [-0.25, -0.2) is 9.59 Å². The zero-order valence-electron chi connectivity index (χ0n) is 28.7. The highest BCUT2D eigenvalue weighted by atomic mass is 16.6. The third-order valence-corrected chi connectivity index (χ3v) is 9.98. The molecule has 0 bridgehead atoms. The summed E-state index contributed by atoms with van der Waals surface area (Å²) in [5, 5.41) is 0. The number of likely N-dealkylation sites (tertiary alicyclic amines) is 1. The van der Waals surface area contributed by atoms with Gasteiger partial charge in [-0.3, -0.25) is 9.69 Å². The van der Waals surface area contributed by atoms with Crippen LogP contribution in [0.2, 0.25) is 0 Å². The van der Waals surface area contributed by atoms with Crippen LogP contribution in [0.4, 0.5) is 9.59 Å². The maximum absolute atomic E-state index is 13.2. The van der Waals surface area contributed by atoms with Gasteiger partial charge in [0.25, 0.3) is 0 Å². The second kappa shape index (κ2) is 19.1. The van der Waals surface area contributed by atoms with Crippen LogP contribution in [0, 0.1) is 11.8 Å². The number of ether oxygens (including phenoxy) is 3. The van der Waals surface area contributed by atoms with Gasteiger partial charge in [0.1, 0.15) is 12.2 Å². The summed E-state index contributed by atoms with van der Waals surface area (Å²) in [4.78, 5) is 44.3. The molecule has 4 rings (SSSR count). The van der Waals surface area contributed by atoms with Crippen LogP contribution in [0.1, 0.15) is 104 Å². The molecule has 1 saturated carbocycles. The van der Waals surface area contributed by atoms with Crippen molar-refractivity contribution in [2.75, 3.05) is 45.9 Å². The van der Waals surface area contributed by atoms with Gasteiger partial charge in [-0.1, -0.05) is 70.3 Å². The number of hydrogen-bond acceptors (Lipinski definition) is 7. The van der Waals surface area contributed by atoms with E-state index < -0.39 is 6.10 Å². The average Bonchev–Trinajstić information content (AvgIpc) is 3.46. The fourth-order valence-corrected chi connectivity index (χ4v) is 7.04. The van der Waals surface area contributed by atoms with Gasteiger partial charge in [0.2, 0.25) is 0 Å². The number of piperazine rings is 1. The summed E-state index contributed by atoms with van der Waals surface area (Å²) < 4.78 is 17.5. The number of nitrogens with zero attached hydrogens (tertiary/aromatic N) is 3. The number of rotatable bonds is 7. The minimum absolute atomic E-state index is 0.0574. The minimum Gasteiger partial charge on any atom is -0.457 e. The van der Waals surface area contributed by atoms with E-state index in [1.807, 2.05) is 56.1 Å². The van der Waals surface area contributed by atoms with Crippen LogP contribution in [0.15, 0.2) is 36.0 Å². The normalized spacial score (nSPS) is 28.1. The Labute approximate surface area is 277 Å². The van der Waals surface area contributed by atoms with Crippen LogP contribution in [0.5, 0.6) is 0 Å². The van der Waals surface area contributed by atoms with Crippen LogP contribution in [0.3, 0.4) is 0 Å². The Hall–Kier alpha value is -2.81. The minimum atomic E-state index is -0.426. The average molecular weight is 642 g/mol. The Balaban J connectivity index is 1.30. The summed E-state index contributed by atoms with van der Waals surface area (Å²) in [5.41, 5.74) is 0.931. The van der Waals surface area contributed by atoms with Crippen molar-refractivity contribution in [3.8, 4) is 0 Å². The smallest absolute Gasteiger partial charge is 0.410 e. The van der Waals surface area contributed by atoms with Crippen molar-refractivity contribution in [1.82, 2.24) is 14.7 Å². The van der Waals surface area contributed by atoms with E-state index in [1.165, 1.54) is 38.5 Å². The predicted octanol–water partition coefficient (Wildman–Crippen LogP) is 7.27. The highest BCUT2D eigenvalue weighted by Gasteiger charge is 2.29. The van der Waals surface area contributed by atoms with Gasteiger partial charge in [-0.15, -0.1) is 0 Å². The van der Waals surface area contributed by atoms with Crippen molar-refractivity contribution in [3.05, 3.63) is 36.0 Å². The number of amides is 2. The third-order valence-electron chi connectivity index (χ3n) is 9.98. The van der Waals surface area contributed by atoms with Crippen molar-refractivity contribution in [2.45, 2.75) is 122 Å². The van der Waals surface area contributed by atoms with E-state index in [0.29, 0.717) is 19.1 Å². The summed E-state index contributed by atoms with van der Waals surface area (Å²) in [5.74, 6) is -0.228. The lowest BCUT2D eigenvalue weighted by molar-refractivity contribution is -0.148. The highest BCUT2D eigenvalue weighted by Crippen LogP contribution is 2.25. The summed E-state index contributed by atoms with van der Waals surface area (Å²) in [6, 6.07) is 0.666. The molecule has 3 heterocycles. The summed E-state index contributed by atoms with van der Waals surface area (Å²) >= 11 is 0. The quantitative estimate of drug-likeness (QED) is 0.0950. The predicted molar refractivity (Wildman–Crippen MR) is 180 cm³/mol. The number of hydrogen-bond donors (Lipinski definition) is 0. The van der Waals surface area contributed by atoms with E-state index in [0.717, 1.165) is 83.4 Å². The zero-order valence-corrected chi connectivity index (χ0v) is 28.7. The van der Waals surface area contributed by atoms with E-state index in [2.05, 4.69) is 4.90 Å². The van der Waals surface area contributed by atoms with Crippen molar-refractivity contribution in [3.63, 3.8) is 0 Å². The zero-order chi connectivity index (χ0) is 32.7. The first kappa shape index (κ1) is 36.0. The molecule has 4 aliphatic rings. The Morgan fingerprint density at radius 3 is 2.24 bits per heavy atom. The number of carbonyl (C=O) groups excluding carboxylic acids is 3. The van der Waals surface area contributed by atoms with Gasteiger partial charge < -0.3 is 24.0 Å². The molecule has 2 amide bonds. The third kappa shape index (κ3) is 11.8. The molecule has 2 saturated heterocycles. The van der Waals surface area contributed by atoms with E-state index in [9.17, 15) is 14.4 Å². The molecule has 3 fully saturated rings. The van der Waals surface area contributed by atoms with Crippen molar-refractivity contribution < 1.29 is 28.6 Å². The van der Waals surface area contributed by atoms with E-state index in [4.69, 9.17) is 14.2 Å². The van der Waals surface area contributed by atoms with Gasteiger partial charge in [0.15, 0.2) is 0 Å². The first-order chi connectivity index (χ1) is 22.3. The maximum Gasteiger partial charge on any atom is 0.410 e. The molecule has 0 aromatic rings. The molecule has 0 N–H and O–H groups in total. The van der Waals surface area contributed by atoms with Gasteiger partial charge in [-0.05, 0) is 63.5 Å². The molecule has 9 heteroatoms. The van der Waals surface area contributed by atoms with Crippen molar-refractivity contribution >= 4 is 18.2 Å². The van der Waals surface area contributed by atoms with Crippen LogP contribution >= 0.6 is 0 Å². The molecule has 9 nitrogen and oxygen atoms in total. The molecule has 0 aromatic heterocycles. The standard InChI is InChI=1S/C37H59N3O6/c1-29(28-44-36(42)39-22-11-12-23-39)14-13-15-30(2)35-31(3)20-21-33(18-9-6-10-19-34(41)46-35)45-37(43)40-26-24-38(25-27-40)32-16-7-4-5-8-17-32/h13-15,20-21,29,31-33,35H,4-12,16-19,22-28H2,1-3H3/b14-13+,21-20+,30-15+/t29-,31+,33-,35-/m1/s1. The molecule has 1 aliphatic carbocycles. The van der Waals surface area contributed by atoms with E-state index >= 15 is 0 Å². The van der Waals surface area contributed by atoms with Crippen LogP contribution < -0.4 is 0 Å². The van der Waals surface area contributed by atoms with Crippen LogP contribution in [-0.4, -0.2) is 97.0 Å². The Morgan fingerprint density at radius 2 is 1.52 bits per heavy atom. The Morgan fingerprint density at radius 1 is 0.870 bits per heavy atom. The lowest BCUT2D eigenvalue weighted by Gasteiger charge is -2.39. The number of esters is 1. The molecule has 0 unspecified atom stereocenters. The molecule has 0 aromatic carbocycles. The Kier molecular flexibility index (Phi) is 15.0.